The minimum absolute atomic E-state index is 0.360. The molecular weight excluding hydrogens is 299 g/mol. The van der Waals surface area contributed by atoms with Gasteiger partial charge >= 0.3 is 0 Å². The van der Waals surface area contributed by atoms with E-state index in [-0.39, 0.29) is 5.82 Å². The third kappa shape index (κ3) is 3.09. The lowest BCUT2D eigenvalue weighted by Crippen LogP contribution is -1.96. The van der Waals surface area contributed by atoms with Crippen molar-refractivity contribution in [3.05, 3.63) is 58.3 Å². The molecule has 2 nitrogen and oxygen atoms in total. The minimum atomic E-state index is -0.651. The Morgan fingerprint density at radius 2 is 2.00 bits per heavy atom. The van der Waals surface area contributed by atoms with Crippen LogP contribution in [0.25, 0.3) is 0 Å². The molecule has 18 heavy (non-hydrogen) atoms. The predicted molar refractivity (Wildman–Crippen MR) is 71.2 cm³/mol. The lowest BCUT2D eigenvalue weighted by Gasteiger charge is -2.13. The molecule has 0 radical (unpaired) electrons. The van der Waals surface area contributed by atoms with Crippen molar-refractivity contribution in [2.24, 2.45) is 0 Å². The fraction of sp³-hybridized carbons (Fsp3) is 0.143. The van der Waals surface area contributed by atoms with E-state index in [1.54, 1.807) is 31.2 Å². The topological polar surface area (TPSA) is 29.5 Å². The van der Waals surface area contributed by atoms with Gasteiger partial charge in [0.25, 0.3) is 0 Å². The van der Waals surface area contributed by atoms with Gasteiger partial charge in [-0.2, -0.15) is 0 Å². The van der Waals surface area contributed by atoms with E-state index in [2.05, 4.69) is 15.9 Å². The molecule has 1 atom stereocenters. The molecule has 1 unspecified atom stereocenters. The fourth-order valence-corrected chi connectivity index (χ4v) is 1.94. The summed E-state index contributed by atoms with van der Waals surface area (Å²) in [6.07, 6.45) is -0.651. The van der Waals surface area contributed by atoms with Gasteiger partial charge in [-0.1, -0.05) is 28.1 Å². The Morgan fingerprint density at radius 3 is 2.67 bits per heavy atom. The molecule has 0 heterocycles. The SMILES string of the molecule is CC(O)c1ccc(Br)cc1Oc1cccc(F)c1. The molecule has 0 amide bonds. The third-order valence-electron chi connectivity index (χ3n) is 2.45. The maximum Gasteiger partial charge on any atom is 0.134 e. The number of aliphatic hydroxyl groups is 1. The molecule has 0 aliphatic rings. The number of halogens is 2. The maximum absolute atomic E-state index is 13.1. The van der Waals surface area contributed by atoms with Crippen molar-refractivity contribution in [1.29, 1.82) is 0 Å². The van der Waals surface area contributed by atoms with Gasteiger partial charge in [-0.05, 0) is 31.2 Å². The van der Waals surface area contributed by atoms with E-state index < -0.39 is 6.10 Å². The van der Waals surface area contributed by atoms with Crippen LogP contribution in [-0.2, 0) is 0 Å². The summed E-state index contributed by atoms with van der Waals surface area (Å²) in [5.74, 6) is 0.543. The first-order valence-corrected chi connectivity index (χ1v) is 6.26. The molecule has 2 rings (SSSR count). The van der Waals surface area contributed by atoms with E-state index in [0.717, 1.165) is 4.47 Å². The van der Waals surface area contributed by atoms with Gasteiger partial charge in [0.1, 0.15) is 17.3 Å². The van der Waals surface area contributed by atoms with Crippen LogP contribution in [0.15, 0.2) is 46.9 Å². The third-order valence-corrected chi connectivity index (χ3v) is 2.94. The molecule has 0 saturated heterocycles. The van der Waals surface area contributed by atoms with Crippen LogP contribution in [0.3, 0.4) is 0 Å². The Labute approximate surface area is 113 Å². The molecule has 2 aromatic rings. The van der Waals surface area contributed by atoms with Crippen LogP contribution in [0.1, 0.15) is 18.6 Å². The summed E-state index contributed by atoms with van der Waals surface area (Å²) in [6.45, 7) is 1.65. The highest BCUT2D eigenvalue weighted by Gasteiger charge is 2.10. The van der Waals surface area contributed by atoms with Crippen molar-refractivity contribution in [2.75, 3.05) is 0 Å². The van der Waals surface area contributed by atoms with Crippen LogP contribution < -0.4 is 4.74 Å². The fourth-order valence-electron chi connectivity index (χ4n) is 1.60. The zero-order chi connectivity index (χ0) is 13.1. The summed E-state index contributed by atoms with van der Waals surface area (Å²) in [5.41, 5.74) is 0.655. The van der Waals surface area contributed by atoms with Crippen molar-refractivity contribution in [3.8, 4) is 11.5 Å². The second kappa shape index (κ2) is 5.50. The number of rotatable bonds is 3. The highest BCUT2D eigenvalue weighted by atomic mass is 79.9. The summed E-state index contributed by atoms with van der Waals surface area (Å²) in [4.78, 5) is 0. The molecule has 0 spiro atoms. The largest absolute Gasteiger partial charge is 0.457 e. The Morgan fingerprint density at radius 1 is 1.22 bits per heavy atom. The van der Waals surface area contributed by atoms with Gasteiger partial charge in [-0.15, -0.1) is 0 Å². The van der Waals surface area contributed by atoms with E-state index in [9.17, 15) is 9.50 Å². The van der Waals surface area contributed by atoms with Gasteiger partial charge in [0.15, 0.2) is 0 Å². The van der Waals surface area contributed by atoms with E-state index in [0.29, 0.717) is 17.1 Å². The summed E-state index contributed by atoms with van der Waals surface area (Å²) in [5, 5.41) is 9.66. The standard InChI is InChI=1S/C14H12BrFO2/c1-9(17)13-6-5-10(15)7-14(13)18-12-4-2-3-11(16)8-12/h2-9,17H,1H3. The van der Waals surface area contributed by atoms with Gasteiger partial charge in [-0.25, -0.2) is 4.39 Å². The molecular formula is C14H12BrFO2. The van der Waals surface area contributed by atoms with Crippen LogP contribution in [-0.4, -0.2) is 5.11 Å². The second-order valence-electron chi connectivity index (χ2n) is 3.92. The van der Waals surface area contributed by atoms with Crippen molar-refractivity contribution < 1.29 is 14.2 Å². The molecule has 1 N–H and O–H groups in total. The van der Waals surface area contributed by atoms with E-state index in [1.165, 1.54) is 12.1 Å². The van der Waals surface area contributed by atoms with Crippen LogP contribution in [0, 0.1) is 5.82 Å². The predicted octanol–water partition coefficient (Wildman–Crippen LogP) is 4.43. The number of hydrogen-bond donors (Lipinski definition) is 1. The van der Waals surface area contributed by atoms with Crippen LogP contribution in [0.5, 0.6) is 11.5 Å². The molecule has 0 aromatic heterocycles. The molecule has 94 valence electrons. The van der Waals surface area contributed by atoms with Gasteiger partial charge in [0.2, 0.25) is 0 Å². The van der Waals surface area contributed by atoms with Crippen LogP contribution in [0.4, 0.5) is 4.39 Å². The Hall–Kier alpha value is -1.39. The summed E-state index contributed by atoms with van der Waals surface area (Å²) >= 11 is 3.34. The highest BCUT2D eigenvalue weighted by molar-refractivity contribution is 9.10. The number of hydrogen-bond acceptors (Lipinski definition) is 2. The molecule has 0 aliphatic carbocycles. The molecule has 4 heteroatoms. The summed E-state index contributed by atoms with van der Waals surface area (Å²) < 4.78 is 19.5. The van der Waals surface area contributed by atoms with Gasteiger partial charge in [0, 0.05) is 16.1 Å². The monoisotopic (exact) mass is 310 g/mol. The van der Waals surface area contributed by atoms with E-state index >= 15 is 0 Å². The molecule has 0 aliphatic heterocycles. The van der Waals surface area contributed by atoms with Gasteiger partial charge in [-0.3, -0.25) is 0 Å². The highest BCUT2D eigenvalue weighted by Crippen LogP contribution is 2.32. The molecule has 0 fully saturated rings. The van der Waals surface area contributed by atoms with E-state index in [4.69, 9.17) is 4.74 Å². The quantitative estimate of drug-likeness (QED) is 0.908. The Bertz CT molecular complexity index is 555. The lowest BCUT2D eigenvalue weighted by atomic mass is 10.1. The average Bonchev–Trinajstić information content (AvgIpc) is 2.28. The number of benzene rings is 2. The zero-order valence-electron chi connectivity index (χ0n) is 9.73. The minimum Gasteiger partial charge on any atom is -0.457 e. The van der Waals surface area contributed by atoms with Gasteiger partial charge < -0.3 is 9.84 Å². The van der Waals surface area contributed by atoms with E-state index in [1.807, 2.05) is 6.07 Å². The molecule has 0 saturated carbocycles. The summed E-state index contributed by atoms with van der Waals surface area (Å²) in [6, 6.07) is 11.2. The van der Waals surface area contributed by atoms with Crippen LogP contribution >= 0.6 is 15.9 Å². The first-order chi connectivity index (χ1) is 8.56. The average molecular weight is 311 g/mol. The van der Waals surface area contributed by atoms with Crippen molar-refractivity contribution in [1.82, 2.24) is 0 Å². The smallest absolute Gasteiger partial charge is 0.134 e. The van der Waals surface area contributed by atoms with Crippen molar-refractivity contribution in [3.63, 3.8) is 0 Å². The first kappa shape index (κ1) is 13.1. The summed E-state index contributed by atoms with van der Waals surface area (Å²) in [7, 11) is 0. The molecule has 0 bridgehead atoms. The Balaban J connectivity index is 2.36. The maximum atomic E-state index is 13.1. The van der Waals surface area contributed by atoms with Crippen LogP contribution in [0.2, 0.25) is 0 Å². The van der Waals surface area contributed by atoms with Crippen molar-refractivity contribution >= 4 is 15.9 Å². The normalized spacial score (nSPS) is 12.2. The zero-order valence-corrected chi connectivity index (χ0v) is 11.3. The number of ether oxygens (including phenoxy) is 1. The number of aliphatic hydroxyl groups excluding tert-OH is 1. The molecule has 2 aromatic carbocycles. The first-order valence-electron chi connectivity index (χ1n) is 5.47. The Kier molecular flexibility index (Phi) is 3.99. The van der Waals surface area contributed by atoms with Crippen molar-refractivity contribution in [2.45, 2.75) is 13.0 Å². The second-order valence-corrected chi connectivity index (χ2v) is 4.83. The lowest BCUT2D eigenvalue weighted by molar-refractivity contribution is 0.195. The van der Waals surface area contributed by atoms with Gasteiger partial charge in [0.05, 0.1) is 6.10 Å².